The summed E-state index contributed by atoms with van der Waals surface area (Å²) in [5.41, 5.74) is 7.35. The number of anilines is 1. The minimum absolute atomic E-state index is 0.0598. The molecule has 1 heterocycles. The molecule has 76 valence electrons. The van der Waals surface area contributed by atoms with Gasteiger partial charge >= 0.3 is 0 Å². The Bertz CT molecular complexity index is 502. The average molecular weight is 201 g/mol. The van der Waals surface area contributed by atoms with Crippen LogP contribution in [0.5, 0.6) is 0 Å². The summed E-state index contributed by atoms with van der Waals surface area (Å²) >= 11 is 0. The molecule has 0 bridgehead atoms. The summed E-state index contributed by atoms with van der Waals surface area (Å²) in [6, 6.07) is 6.92. The van der Waals surface area contributed by atoms with Crippen LogP contribution in [0.4, 0.5) is 5.69 Å². The smallest absolute Gasteiger partial charge is 0.196 e. The molecule has 2 aromatic rings. The van der Waals surface area contributed by atoms with E-state index in [9.17, 15) is 4.79 Å². The molecule has 0 saturated heterocycles. The number of hydrogen-bond donors (Lipinski definition) is 1. The van der Waals surface area contributed by atoms with Crippen LogP contribution in [0.1, 0.15) is 15.9 Å². The first-order chi connectivity index (χ1) is 7.16. The fourth-order valence-corrected chi connectivity index (χ4v) is 1.39. The van der Waals surface area contributed by atoms with Gasteiger partial charge in [-0.05, 0) is 12.1 Å². The Morgan fingerprint density at radius 1 is 1.40 bits per heavy atom. The monoisotopic (exact) mass is 201 g/mol. The molecule has 1 aromatic carbocycles. The molecule has 0 aliphatic carbocycles. The van der Waals surface area contributed by atoms with Crippen molar-refractivity contribution in [1.82, 2.24) is 9.78 Å². The SMILES string of the molecule is Cn1cc(C(=O)c2cccc(N)c2)cn1. The molecule has 15 heavy (non-hydrogen) atoms. The summed E-state index contributed by atoms with van der Waals surface area (Å²) in [4.78, 5) is 11.9. The number of hydrogen-bond acceptors (Lipinski definition) is 3. The van der Waals surface area contributed by atoms with E-state index in [-0.39, 0.29) is 5.78 Å². The first kappa shape index (κ1) is 9.45. The third-order valence-electron chi connectivity index (χ3n) is 2.12. The molecule has 0 unspecified atom stereocenters. The van der Waals surface area contributed by atoms with Gasteiger partial charge < -0.3 is 5.73 Å². The zero-order valence-corrected chi connectivity index (χ0v) is 8.34. The van der Waals surface area contributed by atoms with Gasteiger partial charge in [-0.1, -0.05) is 12.1 Å². The van der Waals surface area contributed by atoms with Crippen LogP contribution in [0.3, 0.4) is 0 Å². The third kappa shape index (κ3) is 1.88. The van der Waals surface area contributed by atoms with Gasteiger partial charge in [0.05, 0.1) is 11.8 Å². The Morgan fingerprint density at radius 2 is 2.20 bits per heavy atom. The first-order valence-corrected chi connectivity index (χ1v) is 4.56. The highest BCUT2D eigenvalue weighted by Crippen LogP contribution is 2.11. The number of nitrogen functional groups attached to an aromatic ring is 1. The quantitative estimate of drug-likeness (QED) is 0.587. The molecule has 0 radical (unpaired) electrons. The van der Waals surface area contributed by atoms with E-state index in [1.54, 1.807) is 48.4 Å². The van der Waals surface area contributed by atoms with Crippen molar-refractivity contribution in [2.45, 2.75) is 0 Å². The van der Waals surface area contributed by atoms with Gasteiger partial charge in [-0.15, -0.1) is 0 Å². The van der Waals surface area contributed by atoms with Crippen LogP contribution in [0.15, 0.2) is 36.7 Å². The van der Waals surface area contributed by atoms with Crippen molar-refractivity contribution >= 4 is 11.5 Å². The fourth-order valence-electron chi connectivity index (χ4n) is 1.39. The lowest BCUT2D eigenvalue weighted by Crippen LogP contribution is -2.00. The maximum Gasteiger partial charge on any atom is 0.196 e. The second kappa shape index (κ2) is 3.57. The zero-order chi connectivity index (χ0) is 10.8. The van der Waals surface area contributed by atoms with Crippen LogP contribution < -0.4 is 5.73 Å². The molecule has 0 aliphatic rings. The molecule has 0 saturated carbocycles. The summed E-state index contributed by atoms with van der Waals surface area (Å²) in [6.07, 6.45) is 3.23. The maximum atomic E-state index is 11.9. The second-order valence-corrected chi connectivity index (χ2v) is 3.36. The van der Waals surface area contributed by atoms with Crippen molar-refractivity contribution in [3.8, 4) is 0 Å². The van der Waals surface area contributed by atoms with E-state index in [4.69, 9.17) is 5.73 Å². The number of aryl methyl sites for hydroxylation is 1. The number of carbonyl (C=O) groups excluding carboxylic acids is 1. The number of benzene rings is 1. The van der Waals surface area contributed by atoms with Crippen molar-refractivity contribution in [2.24, 2.45) is 7.05 Å². The topological polar surface area (TPSA) is 60.9 Å². The van der Waals surface area contributed by atoms with Crippen LogP contribution in [0.25, 0.3) is 0 Å². The number of aromatic nitrogens is 2. The van der Waals surface area contributed by atoms with Gasteiger partial charge in [-0.2, -0.15) is 5.10 Å². The Hall–Kier alpha value is -2.10. The van der Waals surface area contributed by atoms with E-state index in [1.807, 2.05) is 0 Å². The molecule has 2 rings (SSSR count). The summed E-state index contributed by atoms with van der Waals surface area (Å²) in [5, 5.41) is 3.95. The maximum absolute atomic E-state index is 11.9. The Balaban J connectivity index is 2.36. The molecule has 4 heteroatoms. The lowest BCUT2D eigenvalue weighted by molar-refractivity contribution is 0.103. The van der Waals surface area contributed by atoms with Gasteiger partial charge in [0.15, 0.2) is 5.78 Å². The summed E-state index contributed by atoms with van der Waals surface area (Å²) in [7, 11) is 1.77. The molecule has 4 nitrogen and oxygen atoms in total. The lowest BCUT2D eigenvalue weighted by atomic mass is 10.1. The van der Waals surface area contributed by atoms with Gasteiger partial charge in [0, 0.05) is 24.5 Å². The molecular formula is C11H11N3O. The number of rotatable bonds is 2. The van der Waals surface area contributed by atoms with E-state index in [0.29, 0.717) is 16.8 Å². The summed E-state index contributed by atoms with van der Waals surface area (Å²) < 4.78 is 1.60. The summed E-state index contributed by atoms with van der Waals surface area (Å²) in [6.45, 7) is 0. The van der Waals surface area contributed by atoms with Gasteiger partial charge in [0.2, 0.25) is 0 Å². The van der Waals surface area contributed by atoms with Crippen LogP contribution in [0, 0.1) is 0 Å². The van der Waals surface area contributed by atoms with Crippen molar-refractivity contribution < 1.29 is 4.79 Å². The van der Waals surface area contributed by atoms with Crippen molar-refractivity contribution in [2.75, 3.05) is 5.73 Å². The predicted molar refractivity (Wildman–Crippen MR) is 57.5 cm³/mol. The van der Waals surface area contributed by atoms with Crippen molar-refractivity contribution in [1.29, 1.82) is 0 Å². The molecular weight excluding hydrogens is 190 g/mol. The van der Waals surface area contributed by atoms with Crippen molar-refractivity contribution in [3.63, 3.8) is 0 Å². The average Bonchev–Trinajstić information content (AvgIpc) is 2.64. The van der Waals surface area contributed by atoms with E-state index >= 15 is 0 Å². The molecule has 0 spiro atoms. The van der Waals surface area contributed by atoms with Gasteiger partial charge in [-0.3, -0.25) is 9.48 Å². The number of nitrogens with two attached hydrogens (primary N) is 1. The normalized spacial score (nSPS) is 10.2. The third-order valence-corrected chi connectivity index (χ3v) is 2.12. The fraction of sp³-hybridized carbons (Fsp3) is 0.0909. The molecule has 0 aliphatic heterocycles. The number of nitrogens with zero attached hydrogens (tertiary/aromatic N) is 2. The number of carbonyl (C=O) groups is 1. The van der Waals surface area contributed by atoms with Crippen molar-refractivity contribution in [3.05, 3.63) is 47.8 Å². The standard InChI is InChI=1S/C11H11N3O/c1-14-7-9(6-13-14)11(15)8-3-2-4-10(12)5-8/h2-7H,12H2,1H3. The van der Waals surface area contributed by atoms with Crippen LogP contribution in [-0.2, 0) is 7.05 Å². The largest absolute Gasteiger partial charge is 0.399 e. The van der Waals surface area contributed by atoms with Gasteiger partial charge in [-0.25, -0.2) is 0 Å². The number of ketones is 1. The minimum atomic E-state index is -0.0598. The predicted octanol–water partition coefficient (Wildman–Crippen LogP) is 1.23. The van der Waals surface area contributed by atoms with Gasteiger partial charge in [0.25, 0.3) is 0 Å². The van der Waals surface area contributed by atoms with Crippen LogP contribution in [-0.4, -0.2) is 15.6 Å². The molecule has 2 N–H and O–H groups in total. The molecule has 0 atom stereocenters. The highest BCUT2D eigenvalue weighted by molar-refractivity contribution is 6.09. The highest BCUT2D eigenvalue weighted by Gasteiger charge is 2.10. The van der Waals surface area contributed by atoms with E-state index in [0.717, 1.165) is 0 Å². The zero-order valence-electron chi connectivity index (χ0n) is 8.34. The van der Waals surface area contributed by atoms with E-state index < -0.39 is 0 Å². The Labute approximate surface area is 87.3 Å². The van der Waals surface area contributed by atoms with Crippen LogP contribution in [0.2, 0.25) is 0 Å². The first-order valence-electron chi connectivity index (χ1n) is 4.56. The van der Waals surface area contributed by atoms with E-state index in [2.05, 4.69) is 5.10 Å². The Morgan fingerprint density at radius 3 is 2.80 bits per heavy atom. The Kier molecular flexibility index (Phi) is 2.25. The van der Waals surface area contributed by atoms with Gasteiger partial charge in [0.1, 0.15) is 0 Å². The van der Waals surface area contributed by atoms with Crippen LogP contribution >= 0.6 is 0 Å². The lowest BCUT2D eigenvalue weighted by Gasteiger charge is -1.98. The summed E-state index contributed by atoms with van der Waals surface area (Å²) in [5.74, 6) is -0.0598. The highest BCUT2D eigenvalue weighted by atomic mass is 16.1. The minimum Gasteiger partial charge on any atom is -0.399 e. The molecule has 1 aromatic heterocycles. The second-order valence-electron chi connectivity index (χ2n) is 3.36. The molecule has 0 fully saturated rings. The van der Waals surface area contributed by atoms with E-state index in [1.165, 1.54) is 0 Å². The molecule has 0 amide bonds.